The molecule has 0 aliphatic rings. The van der Waals surface area contributed by atoms with Gasteiger partial charge in [0.25, 0.3) is 5.56 Å². The summed E-state index contributed by atoms with van der Waals surface area (Å²) in [7, 11) is 0. The molecule has 4 rings (SSSR count). The van der Waals surface area contributed by atoms with Crippen LogP contribution in [-0.4, -0.2) is 19.9 Å². The van der Waals surface area contributed by atoms with Crippen LogP contribution in [0.2, 0.25) is 0 Å². The Labute approximate surface area is 158 Å². The monoisotopic (exact) mass is 382 g/mol. The summed E-state index contributed by atoms with van der Waals surface area (Å²) < 4.78 is 30.2. The van der Waals surface area contributed by atoms with Crippen LogP contribution in [0, 0.1) is 11.6 Å². The lowest BCUT2D eigenvalue weighted by molar-refractivity contribution is -0.121. The number of carbonyl (C=O) groups is 1. The third-order valence-electron chi connectivity index (χ3n) is 4.49. The number of aryl methyl sites for hydroxylation is 1. The molecule has 0 radical (unpaired) electrons. The molecule has 28 heavy (non-hydrogen) atoms. The van der Waals surface area contributed by atoms with Crippen LogP contribution in [0.25, 0.3) is 16.6 Å². The van der Waals surface area contributed by atoms with E-state index in [2.05, 4.69) is 10.3 Å². The van der Waals surface area contributed by atoms with Gasteiger partial charge in [0, 0.05) is 31.4 Å². The molecule has 0 unspecified atom stereocenters. The number of benzene rings is 1. The van der Waals surface area contributed by atoms with Gasteiger partial charge in [-0.1, -0.05) is 6.07 Å². The molecule has 1 N–H and O–H groups in total. The van der Waals surface area contributed by atoms with Gasteiger partial charge in [0.1, 0.15) is 17.2 Å². The van der Waals surface area contributed by atoms with E-state index in [1.54, 1.807) is 18.3 Å². The molecule has 3 aromatic heterocycles. The highest BCUT2D eigenvalue weighted by atomic mass is 19.1. The van der Waals surface area contributed by atoms with Crippen LogP contribution >= 0.6 is 0 Å². The summed E-state index contributed by atoms with van der Waals surface area (Å²) in [6, 6.07) is 10.4. The second-order valence-corrected chi connectivity index (χ2v) is 6.35. The Bertz CT molecular complexity index is 1230. The number of hydrogen-bond donors (Lipinski definition) is 1. The fourth-order valence-corrected chi connectivity index (χ4v) is 3.17. The number of nitrogens with zero attached hydrogens (tertiary/aromatic N) is 3. The quantitative estimate of drug-likeness (QED) is 0.577. The zero-order chi connectivity index (χ0) is 19.7. The third kappa shape index (κ3) is 3.36. The van der Waals surface area contributed by atoms with Crippen molar-refractivity contribution >= 4 is 22.5 Å². The topological polar surface area (TPSA) is 68.4 Å². The van der Waals surface area contributed by atoms with Crippen molar-refractivity contribution in [3.05, 3.63) is 82.5 Å². The Hall–Kier alpha value is -3.55. The number of fused-ring (bicyclic) bond motifs is 3. The maximum atomic E-state index is 13.8. The number of amides is 1. The zero-order valence-corrected chi connectivity index (χ0v) is 14.7. The molecule has 6 nitrogen and oxygen atoms in total. The lowest BCUT2D eigenvalue weighted by Gasteiger charge is -2.12. The first-order valence-corrected chi connectivity index (χ1v) is 8.69. The molecule has 0 saturated heterocycles. The molecule has 0 aliphatic heterocycles. The minimum absolute atomic E-state index is 0.0116. The molecule has 8 heteroatoms. The molecule has 142 valence electrons. The molecule has 0 aliphatic carbocycles. The van der Waals surface area contributed by atoms with Crippen molar-refractivity contribution in [2.24, 2.45) is 0 Å². The average molecular weight is 382 g/mol. The van der Waals surface area contributed by atoms with Gasteiger partial charge in [-0.15, -0.1) is 0 Å². The molecule has 0 spiro atoms. The van der Waals surface area contributed by atoms with Crippen LogP contribution in [0.5, 0.6) is 0 Å². The Balaban J connectivity index is 1.62. The van der Waals surface area contributed by atoms with Gasteiger partial charge in [0.2, 0.25) is 5.91 Å². The fraction of sp³-hybridized carbons (Fsp3) is 0.150. The van der Waals surface area contributed by atoms with Gasteiger partial charge in [-0.2, -0.15) is 0 Å². The van der Waals surface area contributed by atoms with Crippen LogP contribution in [-0.2, 0) is 17.9 Å². The van der Waals surface area contributed by atoms with Crippen LogP contribution in [0.3, 0.4) is 0 Å². The van der Waals surface area contributed by atoms with E-state index in [9.17, 15) is 18.4 Å². The second kappa shape index (κ2) is 7.22. The van der Waals surface area contributed by atoms with Crippen LogP contribution in [0.4, 0.5) is 8.78 Å². The van der Waals surface area contributed by atoms with Gasteiger partial charge in [0.05, 0.1) is 23.3 Å². The molecule has 0 bridgehead atoms. The van der Waals surface area contributed by atoms with Gasteiger partial charge < -0.3 is 14.3 Å². The Morgan fingerprint density at radius 2 is 1.86 bits per heavy atom. The van der Waals surface area contributed by atoms with E-state index in [0.717, 1.165) is 6.07 Å². The molecule has 4 aromatic rings. The minimum Gasteiger partial charge on any atom is -0.350 e. The summed E-state index contributed by atoms with van der Waals surface area (Å²) in [6.45, 7) is 0.309. The van der Waals surface area contributed by atoms with Crippen molar-refractivity contribution in [3.8, 4) is 0 Å². The number of hydrogen-bond acceptors (Lipinski definition) is 3. The normalized spacial score (nSPS) is 11.2. The molecular weight excluding hydrogens is 366 g/mol. The third-order valence-corrected chi connectivity index (χ3v) is 4.49. The summed E-state index contributed by atoms with van der Waals surface area (Å²) in [6.07, 6.45) is 2.83. The van der Waals surface area contributed by atoms with E-state index in [0.29, 0.717) is 16.7 Å². The van der Waals surface area contributed by atoms with E-state index >= 15 is 0 Å². The molecule has 0 saturated carbocycles. The maximum Gasteiger partial charge on any atom is 0.275 e. The minimum atomic E-state index is -0.562. The number of halogens is 2. The van der Waals surface area contributed by atoms with Gasteiger partial charge in [-0.25, -0.2) is 8.78 Å². The zero-order valence-electron chi connectivity index (χ0n) is 14.7. The van der Waals surface area contributed by atoms with Crippen LogP contribution in [0.15, 0.2) is 59.7 Å². The van der Waals surface area contributed by atoms with E-state index in [4.69, 9.17) is 0 Å². The Morgan fingerprint density at radius 3 is 2.64 bits per heavy atom. The second-order valence-electron chi connectivity index (χ2n) is 6.35. The van der Waals surface area contributed by atoms with E-state index in [1.807, 2.05) is 6.07 Å². The SMILES string of the molecule is O=C(CCn1c(=O)c2cc(F)cn2c2ccc(F)cc21)NCc1ccccn1. The lowest BCUT2D eigenvalue weighted by Crippen LogP contribution is -2.28. The predicted octanol–water partition coefficient (Wildman–Crippen LogP) is 2.63. The van der Waals surface area contributed by atoms with E-state index in [-0.39, 0.29) is 30.9 Å². The number of rotatable bonds is 5. The largest absolute Gasteiger partial charge is 0.350 e. The summed E-state index contributed by atoms with van der Waals surface area (Å²) in [5.41, 5.74) is 1.13. The predicted molar refractivity (Wildman–Crippen MR) is 99.8 cm³/mol. The number of pyridine rings is 1. The number of nitrogens with one attached hydrogen (secondary N) is 1. The molecule has 1 amide bonds. The summed E-state index contributed by atoms with van der Waals surface area (Å²) in [5, 5.41) is 2.73. The summed E-state index contributed by atoms with van der Waals surface area (Å²) in [5.74, 6) is -1.36. The number of aromatic nitrogens is 3. The highest BCUT2D eigenvalue weighted by molar-refractivity contribution is 5.80. The first-order valence-electron chi connectivity index (χ1n) is 8.69. The van der Waals surface area contributed by atoms with Crippen molar-refractivity contribution in [1.29, 1.82) is 0 Å². The standard InChI is InChI=1S/C20H16F2N4O2/c21-13-4-5-16-17(9-13)25(20(28)18-10-14(22)12-26(16)18)8-6-19(27)24-11-15-3-1-2-7-23-15/h1-5,7,9-10,12H,6,8,11H2,(H,24,27). The lowest BCUT2D eigenvalue weighted by atomic mass is 10.2. The van der Waals surface area contributed by atoms with Gasteiger partial charge in [-0.05, 0) is 30.3 Å². The van der Waals surface area contributed by atoms with Crippen molar-refractivity contribution < 1.29 is 13.6 Å². The average Bonchev–Trinajstić information content (AvgIpc) is 3.09. The van der Waals surface area contributed by atoms with Gasteiger partial charge in [0.15, 0.2) is 0 Å². The first kappa shape index (κ1) is 17.8. The van der Waals surface area contributed by atoms with Crippen LogP contribution < -0.4 is 10.9 Å². The van der Waals surface area contributed by atoms with E-state index < -0.39 is 17.2 Å². The summed E-state index contributed by atoms with van der Waals surface area (Å²) >= 11 is 0. The maximum absolute atomic E-state index is 13.8. The van der Waals surface area contributed by atoms with Crippen molar-refractivity contribution in [1.82, 2.24) is 19.3 Å². The van der Waals surface area contributed by atoms with Crippen molar-refractivity contribution in [2.75, 3.05) is 0 Å². The highest BCUT2D eigenvalue weighted by Crippen LogP contribution is 2.18. The Morgan fingerprint density at radius 1 is 1.04 bits per heavy atom. The van der Waals surface area contributed by atoms with Gasteiger partial charge in [-0.3, -0.25) is 14.6 Å². The highest BCUT2D eigenvalue weighted by Gasteiger charge is 2.14. The molecular formula is C20H16F2N4O2. The van der Waals surface area contributed by atoms with Crippen LogP contribution in [0.1, 0.15) is 12.1 Å². The Kier molecular flexibility index (Phi) is 4.60. The number of carbonyl (C=O) groups excluding carboxylic acids is 1. The van der Waals surface area contributed by atoms with Crippen molar-refractivity contribution in [2.45, 2.75) is 19.5 Å². The first-order chi connectivity index (χ1) is 13.5. The molecule has 0 fully saturated rings. The molecule has 3 heterocycles. The van der Waals surface area contributed by atoms with Crippen molar-refractivity contribution in [3.63, 3.8) is 0 Å². The van der Waals surface area contributed by atoms with E-state index in [1.165, 1.54) is 33.4 Å². The molecule has 0 atom stereocenters. The molecule has 1 aromatic carbocycles. The fourth-order valence-electron chi connectivity index (χ4n) is 3.17. The smallest absolute Gasteiger partial charge is 0.275 e. The van der Waals surface area contributed by atoms with Gasteiger partial charge >= 0.3 is 0 Å². The summed E-state index contributed by atoms with van der Waals surface area (Å²) in [4.78, 5) is 29.1.